The molecule has 0 bridgehead atoms. The van der Waals surface area contributed by atoms with Crippen LogP contribution < -0.4 is 10.6 Å². The number of halogens is 1. The quantitative estimate of drug-likeness (QED) is 0.472. The molecule has 1 fully saturated rings. The zero-order valence-corrected chi connectivity index (χ0v) is 23.2. The molecule has 0 radical (unpaired) electrons. The third kappa shape index (κ3) is 5.95. The number of hydrogen-bond acceptors (Lipinski definition) is 7. The van der Waals surface area contributed by atoms with Crippen molar-refractivity contribution in [1.82, 2.24) is 24.2 Å². The van der Waals surface area contributed by atoms with E-state index in [9.17, 15) is 14.9 Å². The van der Waals surface area contributed by atoms with Gasteiger partial charge in [-0.1, -0.05) is 6.07 Å². The maximum absolute atomic E-state index is 15.1. The fourth-order valence-corrected chi connectivity index (χ4v) is 4.62. The van der Waals surface area contributed by atoms with Gasteiger partial charge >= 0.3 is 11.8 Å². The highest BCUT2D eigenvalue weighted by Gasteiger charge is 2.29. The Morgan fingerprint density at radius 3 is 2.46 bits per heavy atom. The van der Waals surface area contributed by atoms with Gasteiger partial charge in [0.25, 0.3) is 0 Å². The number of hydrogen-bond donors (Lipinski definition) is 0. The monoisotopic (exact) mass is 535 g/mol. The van der Waals surface area contributed by atoms with Gasteiger partial charge in [-0.2, -0.15) is 10.4 Å². The smallest absolute Gasteiger partial charge is 0.410 e. The van der Waals surface area contributed by atoms with Gasteiger partial charge in [-0.25, -0.2) is 28.2 Å². The van der Waals surface area contributed by atoms with Crippen molar-refractivity contribution in [3.63, 3.8) is 0 Å². The molecule has 1 aromatic carbocycles. The first-order valence-electron chi connectivity index (χ1n) is 13.0. The van der Waals surface area contributed by atoms with Crippen LogP contribution in [0, 0.1) is 17.1 Å². The van der Waals surface area contributed by atoms with Crippen molar-refractivity contribution < 1.29 is 13.9 Å². The zero-order valence-electron chi connectivity index (χ0n) is 23.2. The van der Waals surface area contributed by atoms with E-state index in [4.69, 9.17) is 4.74 Å². The summed E-state index contributed by atoms with van der Waals surface area (Å²) >= 11 is 0. The van der Waals surface area contributed by atoms with Gasteiger partial charge in [-0.3, -0.25) is 0 Å². The lowest BCUT2D eigenvalue weighted by Gasteiger charge is -2.38. The second-order valence-electron chi connectivity index (χ2n) is 11.0. The molecule has 39 heavy (non-hydrogen) atoms. The van der Waals surface area contributed by atoms with Gasteiger partial charge in [-0.15, -0.1) is 0 Å². The Bertz CT molecular complexity index is 1460. The van der Waals surface area contributed by atoms with Crippen LogP contribution in [0.15, 0.2) is 41.6 Å². The van der Waals surface area contributed by atoms with Crippen LogP contribution in [0.4, 0.5) is 15.0 Å². The minimum absolute atomic E-state index is 0.0301. The predicted molar refractivity (Wildman–Crippen MR) is 145 cm³/mol. The van der Waals surface area contributed by atoms with Crippen molar-refractivity contribution in [2.45, 2.75) is 65.1 Å². The molecular formula is C28H34FN7O3. The van der Waals surface area contributed by atoms with Crippen LogP contribution in [0.25, 0.3) is 16.8 Å². The number of nitriles is 1. The molecule has 1 aliphatic heterocycles. The van der Waals surface area contributed by atoms with Gasteiger partial charge in [0.05, 0.1) is 17.3 Å². The Labute approximate surface area is 227 Å². The minimum Gasteiger partial charge on any atom is -0.444 e. The van der Waals surface area contributed by atoms with Gasteiger partial charge in [0.15, 0.2) is 0 Å². The Morgan fingerprint density at radius 1 is 1.21 bits per heavy atom. The SMILES string of the molecule is CC(C)n1ncn(-c2ccc(-c3cnc(N4CCC(N(C)C(=O)OC(C)(C)C)CC4)c(C#N)c3)cc2F)c1=O. The van der Waals surface area contributed by atoms with Crippen LogP contribution in [-0.2, 0) is 4.74 Å². The summed E-state index contributed by atoms with van der Waals surface area (Å²) in [6.45, 7) is 10.4. The highest BCUT2D eigenvalue weighted by molar-refractivity contribution is 5.70. The summed E-state index contributed by atoms with van der Waals surface area (Å²) in [5, 5.41) is 13.9. The van der Waals surface area contributed by atoms with E-state index in [0.29, 0.717) is 48.4 Å². The van der Waals surface area contributed by atoms with Crippen LogP contribution in [0.3, 0.4) is 0 Å². The second kappa shape index (κ2) is 10.9. The third-order valence-corrected chi connectivity index (χ3v) is 6.70. The summed E-state index contributed by atoms with van der Waals surface area (Å²) < 4.78 is 23.0. The van der Waals surface area contributed by atoms with E-state index in [1.54, 1.807) is 30.3 Å². The van der Waals surface area contributed by atoms with E-state index in [2.05, 4.69) is 16.2 Å². The highest BCUT2D eigenvalue weighted by Crippen LogP contribution is 2.29. The third-order valence-electron chi connectivity index (χ3n) is 6.70. The van der Waals surface area contributed by atoms with E-state index in [1.165, 1.54) is 27.7 Å². The number of ether oxygens (including phenoxy) is 1. The number of carbonyl (C=O) groups excluding carboxylic acids is 1. The Kier molecular flexibility index (Phi) is 7.77. The minimum atomic E-state index is -0.586. The van der Waals surface area contributed by atoms with Crippen LogP contribution in [0.1, 0.15) is 59.1 Å². The molecule has 3 heterocycles. The molecular weight excluding hydrogens is 501 g/mol. The predicted octanol–water partition coefficient (Wildman–Crippen LogP) is 4.52. The molecule has 0 aliphatic carbocycles. The number of pyridine rings is 1. The summed E-state index contributed by atoms with van der Waals surface area (Å²) in [6.07, 6.45) is 4.00. The van der Waals surface area contributed by atoms with Crippen molar-refractivity contribution in [1.29, 1.82) is 5.26 Å². The van der Waals surface area contributed by atoms with Gasteiger partial charge < -0.3 is 14.5 Å². The van der Waals surface area contributed by atoms with Gasteiger partial charge in [-0.05, 0) is 71.2 Å². The number of rotatable bonds is 5. The fraction of sp³-hybridized carbons (Fsp3) is 0.464. The molecule has 0 atom stereocenters. The maximum atomic E-state index is 15.1. The average molecular weight is 536 g/mol. The average Bonchev–Trinajstić information content (AvgIpc) is 3.28. The highest BCUT2D eigenvalue weighted by atomic mass is 19.1. The first-order chi connectivity index (χ1) is 18.4. The topological polar surface area (TPSA) is 109 Å². The normalized spacial score (nSPS) is 14.4. The first kappa shape index (κ1) is 27.8. The number of amides is 1. The Balaban J connectivity index is 1.50. The van der Waals surface area contributed by atoms with Crippen LogP contribution in [0.5, 0.6) is 0 Å². The summed E-state index contributed by atoms with van der Waals surface area (Å²) in [4.78, 5) is 33.2. The number of aromatic nitrogens is 4. The second-order valence-corrected chi connectivity index (χ2v) is 11.0. The van der Waals surface area contributed by atoms with Crippen LogP contribution >= 0.6 is 0 Å². The first-order valence-corrected chi connectivity index (χ1v) is 13.0. The summed E-state index contributed by atoms with van der Waals surface area (Å²) in [7, 11) is 1.75. The Morgan fingerprint density at radius 2 is 1.90 bits per heavy atom. The standard InChI is InChI=1S/C28H34FN7O3/c1-18(2)36-26(37)35(17-32-36)24-8-7-19(14-23(24)29)21-13-20(15-30)25(31-16-21)34-11-9-22(10-12-34)33(6)27(38)39-28(3,4)5/h7-8,13-14,16-18,22H,9-12H2,1-6H3. The molecule has 1 aliphatic rings. The molecule has 0 unspecified atom stereocenters. The maximum Gasteiger partial charge on any atom is 0.410 e. The molecule has 4 rings (SSSR count). The number of piperidine rings is 1. The molecule has 1 amide bonds. The number of anilines is 1. The largest absolute Gasteiger partial charge is 0.444 e. The van der Waals surface area contributed by atoms with Crippen LogP contribution in [0.2, 0.25) is 0 Å². The van der Waals surface area contributed by atoms with Crippen molar-refractivity contribution in [2.75, 3.05) is 25.0 Å². The molecule has 3 aromatic rings. The lowest BCUT2D eigenvalue weighted by Crippen LogP contribution is -2.47. The molecule has 0 spiro atoms. The number of carbonyl (C=O) groups is 1. The lowest BCUT2D eigenvalue weighted by molar-refractivity contribution is 0.0201. The molecule has 1 saturated heterocycles. The molecule has 10 nitrogen and oxygen atoms in total. The summed E-state index contributed by atoms with van der Waals surface area (Å²) in [5.74, 6) is -0.0268. The molecule has 2 aromatic heterocycles. The van der Waals surface area contributed by atoms with E-state index in [0.717, 1.165) is 0 Å². The molecule has 0 N–H and O–H groups in total. The summed E-state index contributed by atoms with van der Waals surface area (Å²) in [5.41, 5.74) is 0.623. The zero-order chi connectivity index (χ0) is 28.5. The molecule has 206 valence electrons. The number of benzene rings is 1. The van der Waals surface area contributed by atoms with Gasteiger partial charge in [0.1, 0.15) is 29.6 Å². The van der Waals surface area contributed by atoms with Crippen LogP contribution in [-0.4, -0.2) is 62.1 Å². The van der Waals surface area contributed by atoms with Crippen molar-refractivity contribution in [2.24, 2.45) is 0 Å². The Hall–Kier alpha value is -4.20. The van der Waals surface area contributed by atoms with Crippen molar-refractivity contribution in [3.05, 3.63) is 58.7 Å². The van der Waals surface area contributed by atoms with Crippen molar-refractivity contribution >= 4 is 11.9 Å². The fourth-order valence-electron chi connectivity index (χ4n) is 4.62. The van der Waals surface area contributed by atoms with Gasteiger partial charge in [0, 0.05) is 37.9 Å². The van der Waals surface area contributed by atoms with E-state index < -0.39 is 17.1 Å². The number of nitrogens with zero attached hydrogens (tertiary/aromatic N) is 7. The summed E-state index contributed by atoms with van der Waals surface area (Å²) in [6, 6.07) is 8.32. The van der Waals surface area contributed by atoms with E-state index >= 15 is 4.39 Å². The lowest BCUT2D eigenvalue weighted by atomic mass is 10.0. The van der Waals surface area contributed by atoms with E-state index in [-0.39, 0.29) is 23.9 Å². The van der Waals surface area contributed by atoms with E-state index in [1.807, 2.05) is 39.5 Å². The van der Waals surface area contributed by atoms with Gasteiger partial charge in [0.2, 0.25) is 0 Å². The molecule has 0 saturated carbocycles. The molecule has 11 heteroatoms. The van der Waals surface area contributed by atoms with Crippen molar-refractivity contribution in [3.8, 4) is 22.9 Å².